The van der Waals surface area contributed by atoms with Crippen molar-refractivity contribution in [3.63, 3.8) is 0 Å². The monoisotopic (exact) mass is 732 g/mol. The molecule has 1 aromatic carbocycles. The molecule has 2 atom stereocenters. The molecule has 0 saturated carbocycles. The molecule has 2 aromatic rings. The number of benzene rings is 1. The van der Waals surface area contributed by atoms with Crippen molar-refractivity contribution in [2.24, 2.45) is 5.16 Å². The smallest absolute Gasteiger partial charge is 0.355 e. The molecule has 3 aliphatic rings. The van der Waals surface area contributed by atoms with Gasteiger partial charge in [-0.25, -0.2) is 14.6 Å². The quantitative estimate of drug-likeness (QED) is 0.0413. The number of hydrogen-bond acceptors (Lipinski definition) is 14. The molecule has 0 bridgehead atoms. The van der Waals surface area contributed by atoms with E-state index in [1.807, 2.05) is 0 Å². The zero-order valence-corrected chi connectivity index (χ0v) is 29.1. The maximum atomic E-state index is 13.6. The van der Waals surface area contributed by atoms with Crippen molar-refractivity contribution in [1.29, 1.82) is 0 Å². The number of carbonyl (C=O) groups excluding carboxylic acids is 4. The molecular formula is C31H38N7O10S2+. The number of oxime groups is 1. The van der Waals surface area contributed by atoms with E-state index < -0.39 is 52.4 Å². The number of aliphatic carboxylic acids is 1. The first kappa shape index (κ1) is 36.4. The molecule has 2 saturated heterocycles. The largest absolute Gasteiger partial charge is 0.504 e. The first-order valence-corrected chi connectivity index (χ1v) is 17.5. The number of carboxylic acid groups (broad SMARTS) is 1. The number of ether oxygens (including phenoxy) is 1. The maximum Gasteiger partial charge on any atom is 0.355 e. The molecule has 4 heterocycles. The van der Waals surface area contributed by atoms with Crippen LogP contribution in [-0.4, -0.2) is 128 Å². The first-order valence-electron chi connectivity index (χ1n) is 15.6. The van der Waals surface area contributed by atoms with Gasteiger partial charge in [-0.1, -0.05) is 5.16 Å². The number of aromatic hydroxyl groups is 2. The number of thioether (sulfide) groups is 1. The molecule has 3 aliphatic heterocycles. The number of methoxy groups -OCH3 is 1. The molecular weight excluding hydrogens is 695 g/mol. The zero-order valence-electron chi connectivity index (χ0n) is 27.5. The van der Waals surface area contributed by atoms with E-state index >= 15 is 0 Å². The molecule has 0 radical (unpaired) electrons. The highest BCUT2D eigenvalue weighted by Crippen LogP contribution is 2.42. The Labute approximate surface area is 294 Å². The number of carboxylic acids is 1. The molecule has 17 nitrogen and oxygen atoms in total. The third-order valence-corrected chi connectivity index (χ3v) is 10.7. The van der Waals surface area contributed by atoms with Gasteiger partial charge in [-0.15, -0.1) is 23.1 Å². The van der Waals surface area contributed by atoms with Gasteiger partial charge in [0.15, 0.2) is 22.3 Å². The van der Waals surface area contributed by atoms with E-state index in [0.717, 1.165) is 37.3 Å². The fraction of sp³-hybridized carbons (Fsp3) is 0.452. The van der Waals surface area contributed by atoms with Crippen molar-refractivity contribution in [2.45, 2.75) is 43.7 Å². The van der Waals surface area contributed by atoms with Crippen LogP contribution >= 0.6 is 23.1 Å². The number of β-lactam (4-membered cyclic amide) rings is 1. The van der Waals surface area contributed by atoms with E-state index in [1.165, 1.54) is 61.2 Å². The predicted molar refractivity (Wildman–Crippen MR) is 181 cm³/mol. The number of likely N-dealkylation sites (tertiary alicyclic amines) is 1. The number of esters is 1. The highest BCUT2D eigenvalue weighted by atomic mass is 32.2. The number of phenolic OH excluding ortho intramolecular Hbond substituents is 2. The second-order valence-electron chi connectivity index (χ2n) is 12.6. The summed E-state index contributed by atoms with van der Waals surface area (Å²) < 4.78 is 5.67. The minimum absolute atomic E-state index is 0.0283. The van der Waals surface area contributed by atoms with Gasteiger partial charge in [-0.2, -0.15) is 0 Å². The van der Waals surface area contributed by atoms with Crippen molar-refractivity contribution in [2.75, 3.05) is 51.3 Å². The molecule has 2 fully saturated rings. The molecule has 2 unspecified atom stereocenters. The number of nitrogens with one attached hydrogen (secondary N) is 2. The SMILES string of the molecule is COC(=O)C1=C(C[N+]2(CCNC(=O)c3ccc(O)c(O)c3)CCCC2)CSC2C(NC(=O)/C(=N\OC(C)(C)C(=O)O)c3csc(N)n3)C(=O)N12. The Morgan fingerprint density at radius 2 is 1.90 bits per heavy atom. The summed E-state index contributed by atoms with van der Waals surface area (Å²) in [5, 5.41) is 38.9. The molecule has 268 valence electrons. The summed E-state index contributed by atoms with van der Waals surface area (Å²) in [5.41, 5.74) is 4.64. The first-order chi connectivity index (χ1) is 23.7. The third-order valence-electron chi connectivity index (χ3n) is 8.72. The van der Waals surface area contributed by atoms with Gasteiger partial charge in [0.25, 0.3) is 17.7 Å². The number of aromatic nitrogens is 1. The van der Waals surface area contributed by atoms with Gasteiger partial charge >= 0.3 is 11.9 Å². The second kappa shape index (κ2) is 14.5. The second-order valence-corrected chi connectivity index (χ2v) is 14.6. The molecule has 5 rings (SSSR count). The lowest BCUT2D eigenvalue weighted by Gasteiger charge is -2.50. The van der Waals surface area contributed by atoms with Crippen molar-refractivity contribution in [3.8, 4) is 11.5 Å². The van der Waals surface area contributed by atoms with Gasteiger partial charge in [-0.05, 0) is 32.0 Å². The van der Waals surface area contributed by atoms with Crippen LogP contribution < -0.4 is 16.4 Å². The van der Waals surface area contributed by atoms with Gasteiger partial charge in [0, 0.05) is 35.1 Å². The number of quaternary nitrogens is 1. The van der Waals surface area contributed by atoms with Crippen molar-refractivity contribution in [3.05, 3.63) is 46.1 Å². The van der Waals surface area contributed by atoms with E-state index in [9.17, 15) is 39.3 Å². The number of nitrogens with two attached hydrogens (primary N) is 1. The van der Waals surface area contributed by atoms with Crippen LogP contribution in [0.2, 0.25) is 0 Å². The van der Waals surface area contributed by atoms with Gasteiger partial charge in [0.1, 0.15) is 29.4 Å². The summed E-state index contributed by atoms with van der Waals surface area (Å²) in [7, 11) is 1.23. The fourth-order valence-corrected chi connectivity index (χ4v) is 7.83. The Balaban J connectivity index is 1.31. The average molecular weight is 733 g/mol. The number of fused-ring (bicyclic) bond motifs is 1. The van der Waals surface area contributed by atoms with E-state index in [0.29, 0.717) is 35.4 Å². The molecule has 3 amide bonds. The molecule has 7 N–H and O–H groups in total. The lowest BCUT2D eigenvalue weighted by Crippen LogP contribution is -2.71. The maximum absolute atomic E-state index is 13.6. The summed E-state index contributed by atoms with van der Waals surface area (Å²) in [5.74, 6) is -4.18. The number of hydrogen-bond donors (Lipinski definition) is 6. The summed E-state index contributed by atoms with van der Waals surface area (Å²) in [4.78, 5) is 75.1. The summed E-state index contributed by atoms with van der Waals surface area (Å²) in [6.45, 7) is 5.36. The van der Waals surface area contributed by atoms with Crippen LogP contribution in [0.1, 0.15) is 42.7 Å². The minimum Gasteiger partial charge on any atom is -0.504 e. The highest BCUT2D eigenvalue weighted by molar-refractivity contribution is 8.00. The van der Waals surface area contributed by atoms with Crippen LogP contribution in [-0.2, 0) is 28.8 Å². The average Bonchev–Trinajstić information content (AvgIpc) is 3.73. The Kier molecular flexibility index (Phi) is 10.6. The Morgan fingerprint density at radius 3 is 2.52 bits per heavy atom. The Hall–Kier alpha value is -4.88. The number of carbonyl (C=O) groups is 5. The summed E-state index contributed by atoms with van der Waals surface area (Å²) in [6, 6.07) is 2.78. The molecule has 1 aromatic heterocycles. The fourth-order valence-electron chi connectivity index (χ4n) is 5.94. The molecule has 0 spiro atoms. The van der Waals surface area contributed by atoms with Crippen LogP contribution in [0.25, 0.3) is 0 Å². The molecule has 19 heteroatoms. The lowest BCUT2D eigenvalue weighted by molar-refractivity contribution is -0.911. The summed E-state index contributed by atoms with van der Waals surface area (Å²) in [6.07, 6.45) is 1.88. The van der Waals surface area contributed by atoms with Gasteiger partial charge in [0.05, 0.1) is 33.3 Å². The van der Waals surface area contributed by atoms with Crippen molar-refractivity contribution in [1.82, 2.24) is 20.5 Å². The van der Waals surface area contributed by atoms with E-state index in [2.05, 4.69) is 20.8 Å². The summed E-state index contributed by atoms with van der Waals surface area (Å²) >= 11 is 2.40. The van der Waals surface area contributed by atoms with Crippen molar-refractivity contribution < 1.29 is 53.3 Å². The van der Waals surface area contributed by atoms with Crippen molar-refractivity contribution >= 4 is 63.6 Å². The normalized spacial score (nSPS) is 20.1. The van der Waals surface area contributed by atoms with E-state index in [4.69, 9.17) is 15.3 Å². The van der Waals surface area contributed by atoms with E-state index in [1.54, 1.807) is 0 Å². The van der Waals surface area contributed by atoms with Gasteiger partial charge in [-0.3, -0.25) is 19.3 Å². The van der Waals surface area contributed by atoms with E-state index in [-0.39, 0.29) is 33.5 Å². The van der Waals surface area contributed by atoms with Crippen LogP contribution in [0.3, 0.4) is 0 Å². The zero-order chi connectivity index (χ0) is 36.4. The number of nitrogen functional groups attached to an aromatic ring is 1. The molecule has 0 aliphatic carbocycles. The lowest BCUT2D eigenvalue weighted by atomic mass is 10.0. The third kappa shape index (κ3) is 7.48. The number of phenols is 2. The topological polar surface area (TPSA) is 243 Å². The standard InChI is InChI=1S/C31H37N7O10S2/c1-31(2,29(45)46)48-36-21(18-15-50-30(32)34-18)25(42)35-22-26(43)37-23(28(44)47-3)17(14-49-27(22)37)13-38(9-4-5-10-38)11-8-33-24(41)16-6-7-19(39)20(40)12-16/h6-7,12,15,22,27H,4-5,8-11,13-14H2,1-3H3,(H6-,32,33,34,35,36,39,40,41,42,45,46)/p+1. The highest BCUT2D eigenvalue weighted by Gasteiger charge is 2.55. The number of amides is 3. The number of nitrogens with zero attached hydrogens (tertiary/aromatic N) is 4. The van der Waals surface area contributed by atoms with Gasteiger partial charge in [0.2, 0.25) is 5.60 Å². The van der Waals surface area contributed by atoms with Crippen LogP contribution in [0.5, 0.6) is 11.5 Å². The number of thiazole rings is 1. The Morgan fingerprint density at radius 1 is 1.18 bits per heavy atom. The number of rotatable bonds is 13. The minimum atomic E-state index is -1.77. The van der Waals surface area contributed by atoms with Crippen LogP contribution in [0.15, 0.2) is 40.0 Å². The predicted octanol–water partition coefficient (Wildman–Crippen LogP) is 0.588. The van der Waals surface area contributed by atoms with Crippen LogP contribution in [0, 0.1) is 0 Å². The Bertz CT molecular complexity index is 1770. The number of anilines is 1. The van der Waals surface area contributed by atoms with Gasteiger partial charge < -0.3 is 45.7 Å². The van der Waals surface area contributed by atoms with Crippen LogP contribution in [0.4, 0.5) is 5.13 Å². The molecule has 50 heavy (non-hydrogen) atoms.